The van der Waals surface area contributed by atoms with Crippen LogP contribution in [0.5, 0.6) is 0 Å². The molecule has 1 aliphatic rings. The van der Waals surface area contributed by atoms with E-state index in [1.807, 2.05) is 39.8 Å². The molecule has 0 atom stereocenters. The molecule has 1 aliphatic heterocycles. The fourth-order valence-electron chi connectivity index (χ4n) is 3.04. The van der Waals surface area contributed by atoms with E-state index in [4.69, 9.17) is 4.99 Å². The van der Waals surface area contributed by atoms with Crippen LogP contribution < -0.4 is 15.5 Å². The highest BCUT2D eigenvalue weighted by Crippen LogP contribution is 2.20. The number of carbonyl (C=O) groups is 1. The quantitative estimate of drug-likeness (QED) is 0.589. The minimum atomic E-state index is -0.564. The van der Waals surface area contributed by atoms with Crippen LogP contribution in [0.15, 0.2) is 29.3 Å². The molecular weight excluding hydrogens is 345 g/mol. The molecule has 0 saturated carbocycles. The Morgan fingerprint density at radius 2 is 1.74 bits per heavy atom. The lowest BCUT2D eigenvalue weighted by atomic mass is 9.92. The summed E-state index contributed by atoms with van der Waals surface area (Å²) < 4.78 is 14.0. The zero-order valence-electron chi connectivity index (χ0n) is 16.9. The Morgan fingerprint density at radius 1 is 1.11 bits per heavy atom. The lowest BCUT2D eigenvalue weighted by molar-refractivity contribution is -0.128. The van der Waals surface area contributed by atoms with Gasteiger partial charge in [0.25, 0.3) is 0 Å². The van der Waals surface area contributed by atoms with Gasteiger partial charge in [0.05, 0.1) is 17.6 Å². The third-order valence-corrected chi connectivity index (χ3v) is 4.68. The number of aliphatic imine (C=N–C) groups is 1. The molecular formula is C20H32FN5O. The highest BCUT2D eigenvalue weighted by molar-refractivity contribution is 5.84. The lowest BCUT2D eigenvalue weighted by Gasteiger charge is -2.38. The number of anilines is 1. The number of hydrogen-bond donors (Lipinski definition) is 2. The van der Waals surface area contributed by atoms with Crippen molar-refractivity contribution in [1.29, 1.82) is 0 Å². The maximum atomic E-state index is 14.0. The van der Waals surface area contributed by atoms with Gasteiger partial charge in [0, 0.05) is 39.3 Å². The van der Waals surface area contributed by atoms with Crippen molar-refractivity contribution in [3.63, 3.8) is 0 Å². The predicted octanol–water partition coefficient (Wildman–Crippen LogP) is 2.08. The van der Waals surface area contributed by atoms with Crippen molar-refractivity contribution < 1.29 is 9.18 Å². The van der Waals surface area contributed by atoms with Crippen molar-refractivity contribution >= 4 is 17.6 Å². The molecule has 1 amide bonds. The molecule has 1 fully saturated rings. The van der Waals surface area contributed by atoms with Gasteiger partial charge in [-0.05, 0) is 39.8 Å². The average Bonchev–Trinajstić information content (AvgIpc) is 2.66. The normalized spacial score (nSPS) is 15.7. The molecule has 0 aliphatic carbocycles. The van der Waals surface area contributed by atoms with Gasteiger partial charge < -0.3 is 20.4 Å². The van der Waals surface area contributed by atoms with Crippen molar-refractivity contribution in [2.45, 2.75) is 27.7 Å². The molecule has 0 unspecified atom stereocenters. The number of hydrogen-bond acceptors (Lipinski definition) is 3. The maximum Gasteiger partial charge on any atom is 0.227 e. The number of para-hydroxylation sites is 1. The van der Waals surface area contributed by atoms with Gasteiger partial charge in [-0.15, -0.1) is 0 Å². The molecule has 150 valence electrons. The minimum absolute atomic E-state index is 0.00831. The van der Waals surface area contributed by atoms with Crippen LogP contribution in [0.3, 0.4) is 0 Å². The number of halogens is 1. The van der Waals surface area contributed by atoms with Gasteiger partial charge in [0.2, 0.25) is 5.91 Å². The number of carbonyl (C=O) groups excluding carboxylic acids is 1. The van der Waals surface area contributed by atoms with Crippen LogP contribution in [0.4, 0.5) is 10.1 Å². The van der Waals surface area contributed by atoms with Crippen molar-refractivity contribution in [2.75, 3.05) is 50.7 Å². The second-order valence-corrected chi connectivity index (χ2v) is 7.34. The summed E-state index contributed by atoms with van der Waals surface area (Å²) in [5.41, 5.74) is 0.0857. The van der Waals surface area contributed by atoms with Gasteiger partial charge in [-0.1, -0.05) is 12.1 Å². The van der Waals surface area contributed by atoms with Gasteiger partial charge in [0.15, 0.2) is 5.96 Å². The second kappa shape index (κ2) is 9.58. The van der Waals surface area contributed by atoms with E-state index in [0.717, 1.165) is 38.7 Å². The van der Waals surface area contributed by atoms with E-state index >= 15 is 0 Å². The first-order valence-electron chi connectivity index (χ1n) is 9.70. The zero-order chi connectivity index (χ0) is 19.9. The summed E-state index contributed by atoms with van der Waals surface area (Å²) in [6.45, 7) is 12.5. The minimum Gasteiger partial charge on any atom is -0.366 e. The van der Waals surface area contributed by atoms with Crippen LogP contribution in [-0.2, 0) is 4.79 Å². The van der Waals surface area contributed by atoms with Gasteiger partial charge in [-0.3, -0.25) is 9.79 Å². The molecule has 1 saturated heterocycles. The third kappa shape index (κ3) is 5.58. The predicted molar refractivity (Wildman–Crippen MR) is 109 cm³/mol. The number of nitrogens with one attached hydrogen (secondary N) is 2. The van der Waals surface area contributed by atoms with Crippen molar-refractivity contribution in [2.24, 2.45) is 10.4 Å². The molecule has 0 spiro atoms. The van der Waals surface area contributed by atoms with Crippen LogP contribution in [0.25, 0.3) is 0 Å². The first kappa shape index (κ1) is 21.0. The second-order valence-electron chi connectivity index (χ2n) is 7.34. The third-order valence-electron chi connectivity index (χ3n) is 4.68. The van der Waals surface area contributed by atoms with Crippen LogP contribution in [0.2, 0.25) is 0 Å². The fourth-order valence-corrected chi connectivity index (χ4v) is 3.04. The molecule has 1 aromatic carbocycles. The van der Waals surface area contributed by atoms with Crippen LogP contribution in [0.1, 0.15) is 27.7 Å². The van der Waals surface area contributed by atoms with Crippen molar-refractivity contribution in [3.05, 3.63) is 30.1 Å². The zero-order valence-corrected chi connectivity index (χ0v) is 16.9. The standard InChI is InChI=1S/C20H32FN5O/c1-5-22-18(27)20(3,4)15-24-19(23-6-2)26-13-11-25(12-14-26)17-10-8-7-9-16(17)21/h7-10H,5-6,11-15H2,1-4H3,(H,22,27)(H,23,24). The smallest absolute Gasteiger partial charge is 0.227 e. The van der Waals surface area contributed by atoms with Crippen molar-refractivity contribution in [1.82, 2.24) is 15.5 Å². The molecule has 7 heteroatoms. The number of amides is 1. The molecule has 2 N–H and O–H groups in total. The number of benzene rings is 1. The van der Waals surface area contributed by atoms with Crippen LogP contribution >= 0.6 is 0 Å². The Kier molecular flexibility index (Phi) is 7.45. The summed E-state index contributed by atoms with van der Waals surface area (Å²) in [7, 11) is 0. The van der Waals surface area contributed by atoms with E-state index in [1.165, 1.54) is 6.07 Å². The molecule has 1 heterocycles. The summed E-state index contributed by atoms with van der Waals surface area (Å²) in [5.74, 6) is 0.632. The highest BCUT2D eigenvalue weighted by Gasteiger charge is 2.28. The molecule has 0 bridgehead atoms. The Labute approximate surface area is 161 Å². The van der Waals surface area contributed by atoms with E-state index < -0.39 is 5.41 Å². The largest absolute Gasteiger partial charge is 0.366 e. The first-order valence-corrected chi connectivity index (χ1v) is 9.70. The number of nitrogens with zero attached hydrogens (tertiary/aromatic N) is 3. The number of guanidine groups is 1. The van der Waals surface area contributed by atoms with Gasteiger partial charge >= 0.3 is 0 Å². The fraction of sp³-hybridized carbons (Fsp3) is 0.600. The summed E-state index contributed by atoms with van der Waals surface area (Å²) in [5, 5.41) is 6.18. The van der Waals surface area contributed by atoms with Crippen LogP contribution in [0, 0.1) is 11.2 Å². The topological polar surface area (TPSA) is 60.0 Å². The molecule has 0 radical (unpaired) electrons. The Balaban J connectivity index is 2.01. The van der Waals surface area contributed by atoms with E-state index in [0.29, 0.717) is 18.8 Å². The highest BCUT2D eigenvalue weighted by atomic mass is 19.1. The Hall–Kier alpha value is -2.31. The van der Waals surface area contributed by atoms with E-state index in [2.05, 4.69) is 20.4 Å². The average molecular weight is 378 g/mol. The number of rotatable bonds is 6. The molecule has 6 nitrogen and oxygen atoms in total. The van der Waals surface area contributed by atoms with E-state index in [1.54, 1.807) is 6.07 Å². The lowest BCUT2D eigenvalue weighted by Crippen LogP contribution is -2.53. The maximum absolute atomic E-state index is 14.0. The Morgan fingerprint density at radius 3 is 2.33 bits per heavy atom. The monoisotopic (exact) mass is 377 g/mol. The van der Waals surface area contributed by atoms with E-state index in [-0.39, 0.29) is 11.7 Å². The van der Waals surface area contributed by atoms with Crippen molar-refractivity contribution in [3.8, 4) is 0 Å². The Bertz CT molecular complexity index is 654. The molecule has 1 aromatic rings. The summed E-state index contributed by atoms with van der Waals surface area (Å²) in [6, 6.07) is 6.89. The van der Waals surface area contributed by atoms with Gasteiger partial charge in [-0.2, -0.15) is 0 Å². The first-order chi connectivity index (χ1) is 12.9. The molecule has 2 rings (SSSR count). The van der Waals surface area contributed by atoms with Gasteiger partial charge in [0.1, 0.15) is 5.82 Å². The number of piperazine rings is 1. The summed E-state index contributed by atoms with van der Waals surface area (Å²) >= 11 is 0. The summed E-state index contributed by atoms with van der Waals surface area (Å²) in [4.78, 5) is 21.1. The molecule has 27 heavy (non-hydrogen) atoms. The van der Waals surface area contributed by atoms with E-state index in [9.17, 15) is 9.18 Å². The van der Waals surface area contributed by atoms with Gasteiger partial charge in [-0.25, -0.2) is 4.39 Å². The van der Waals surface area contributed by atoms with Crippen LogP contribution in [-0.4, -0.2) is 62.6 Å². The molecule has 0 aromatic heterocycles. The summed E-state index contributed by atoms with van der Waals surface area (Å²) in [6.07, 6.45) is 0. The SMILES string of the molecule is CCNC(=O)C(C)(C)CN=C(NCC)N1CCN(c2ccccc2F)CC1.